The number of rotatable bonds is 3. The zero-order valence-electron chi connectivity index (χ0n) is 11.1. The summed E-state index contributed by atoms with van der Waals surface area (Å²) < 4.78 is 11.5. The molecule has 1 saturated heterocycles. The lowest BCUT2D eigenvalue weighted by molar-refractivity contribution is -0.302. The van der Waals surface area contributed by atoms with E-state index in [-0.39, 0.29) is 43.0 Å². The Kier molecular flexibility index (Phi) is 3.99. The van der Waals surface area contributed by atoms with Gasteiger partial charge >= 0.3 is 0 Å². The number of hydrogen-bond donors (Lipinski definition) is 3. The highest BCUT2D eigenvalue weighted by molar-refractivity contribution is 5.03. The van der Waals surface area contributed by atoms with E-state index in [1.54, 1.807) is 0 Å². The molecule has 2 fully saturated rings. The summed E-state index contributed by atoms with van der Waals surface area (Å²) in [5.41, 5.74) is -0.369. The molecule has 0 bridgehead atoms. The number of aliphatic hydroxyl groups excluding tert-OH is 3. The smallest absolute Gasteiger partial charge is 0.162 e. The molecular weight excluding hydrogens is 236 g/mol. The third-order valence-electron chi connectivity index (χ3n) is 4.74. The first kappa shape index (κ1) is 14.2. The summed E-state index contributed by atoms with van der Waals surface area (Å²) in [6.07, 6.45) is 0.714. The standard InChI is InChI=1S/C13H24O5/c1-12(2)17-7-13(8-18-12)10(5-15)3-9(4-14)11(13)6-16/h9-11,14-16H,3-8H2,1-2H3/t9?,10-,11+/m0/s1. The Bertz CT molecular complexity index is 281. The van der Waals surface area contributed by atoms with Gasteiger partial charge in [0, 0.05) is 25.2 Å². The van der Waals surface area contributed by atoms with Gasteiger partial charge in [0.25, 0.3) is 0 Å². The first-order chi connectivity index (χ1) is 8.49. The minimum absolute atomic E-state index is 0.00508. The Balaban J connectivity index is 2.22. The average Bonchev–Trinajstić information content (AvgIpc) is 2.66. The Morgan fingerprint density at radius 3 is 2.06 bits per heavy atom. The molecule has 1 aliphatic heterocycles. The second-order valence-corrected chi connectivity index (χ2v) is 6.06. The van der Waals surface area contributed by atoms with Gasteiger partial charge in [-0.05, 0) is 38.0 Å². The van der Waals surface area contributed by atoms with Gasteiger partial charge in [0.05, 0.1) is 13.2 Å². The van der Waals surface area contributed by atoms with Crippen molar-refractivity contribution in [2.24, 2.45) is 23.2 Å². The first-order valence-corrected chi connectivity index (χ1v) is 6.59. The number of aliphatic hydroxyl groups is 3. The second kappa shape index (κ2) is 5.06. The maximum absolute atomic E-state index is 9.62. The van der Waals surface area contributed by atoms with E-state index in [4.69, 9.17) is 9.47 Å². The normalized spacial score (nSPS) is 38.2. The van der Waals surface area contributed by atoms with Crippen LogP contribution < -0.4 is 0 Å². The van der Waals surface area contributed by atoms with Crippen molar-refractivity contribution in [3.63, 3.8) is 0 Å². The van der Waals surface area contributed by atoms with Gasteiger partial charge in [0.15, 0.2) is 5.79 Å². The fourth-order valence-corrected chi connectivity index (χ4v) is 3.48. The lowest BCUT2D eigenvalue weighted by Gasteiger charge is -2.47. The molecule has 2 rings (SSSR count). The van der Waals surface area contributed by atoms with Crippen LogP contribution in [0.2, 0.25) is 0 Å². The van der Waals surface area contributed by atoms with Crippen molar-refractivity contribution in [3.8, 4) is 0 Å². The molecule has 0 aromatic rings. The van der Waals surface area contributed by atoms with Crippen molar-refractivity contribution in [3.05, 3.63) is 0 Å². The Labute approximate surface area is 108 Å². The van der Waals surface area contributed by atoms with Crippen molar-refractivity contribution in [1.29, 1.82) is 0 Å². The van der Waals surface area contributed by atoms with Crippen LogP contribution >= 0.6 is 0 Å². The van der Waals surface area contributed by atoms with Crippen molar-refractivity contribution >= 4 is 0 Å². The fourth-order valence-electron chi connectivity index (χ4n) is 3.48. The molecule has 18 heavy (non-hydrogen) atoms. The van der Waals surface area contributed by atoms with Gasteiger partial charge in [-0.2, -0.15) is 0 Å². The van der Waals surface area contributed by atoms with Gasteiger partial charge in [0.2, 0.25) is 0 Å². The summed E-state index contributed by atoms with van der Waals surface area (Å²) >= 11 is 0. The van der Waals surface area contributed by atoms with E-state index in [0.29, 0.717) is 19.6 Å². The number of hydrogen-bond acceptors (Lipinski definition) is 5. The van der Waals surface area contributed by atoms with E-state index in [1.165, 1.54) is 0 Å². The van der Waals surface area contributed by atoms with Crippen molar-refractivity contribution in [2.45, 2.75) is 26.1 Å². The van der Waals surface area contributed by atoms with Crippen LogP contribution in [-0.4, -0.2) is 54.1 Å². The summed E-state index contributed by atoms with van der Waals surface area (Å²) in [5, 5.41) is 28.6. The van der Waals surface area contributed by atoms with Gasteiger partial charge < -0.3 is 24.8 Å². The highest BCUT2D eigenvalue weighted by atomic mass is 16.7. The lowest BCUT2D eigenvalue weighted by atomic mass is 9.72. The average molecular weight is 260 g/mol. The molecule has 1 heterocycles. The summed E-state index contributed by atoms with van der Waals surface area (Å²) in [4.78, 5) is 0. The van der Waals surface area contributed by atoms with Gasteiger partial charge in [-0.25, -0.2) is 0 Å². The molecule has 0 aromatic carbocycles. The molecule has 1 saturated carbocycles. The molecular formula is C13H24O5. The third kappa shape index (κ3) is 2.18. The van der Waals surface area contributed by atoms with Crippen molar-refractivity contribution in [1.82, 2.24) is 0 Å². The summed E-state index contributed by atoms with van der Waals surface area (Å²) in [5.74, 6) is -0.651. The maximum atomic E-state index is 9.62. The molecule has 0 aromatic heterocycles. The van der Waals surface area contributed by atoms with Crippen LogP contribution in [-0.2, 0) is 9.47 Å². The van der Waals surface area contributed by atoms with E-state index >= 15 is 0 Å². The summed E-state index contributed by atoms with van der Waals surface area (Å²) in [6.45, 7) is 4.72. The second-order valence-electron chi connectivity index (χ2n) is 6.06. The van der Waals surface area contributed by atoms with Crippen LogP contribution in [0.25, 0.3) is 0 Å². The third-order valence-corrected chi connectivity index (χ3v) is 4.74. The molecule has 3 N–H and O–H groups in total. The van der Waals surface area contributed by atoms with Crippen LogP contribution in [0.5, 0.6) is 0 Å². The predicted molar refractivity (Wildman–Crippen MR) is 64.8 cm³/mol. The van der Waals surface area contributed by atoms with Gasteiger partial charge in [-0.15, -0.1) is 0 Å². The van der Waals surface area contributed by atoms with E-state index in [2.05, 4.69) is 0 Å². The lowest BCUT2D eigenvalue weighted by Crippen LogP contribution is -2.53. The largest absolute Gasteiger partial charge is 0.396 e. The molecule has 1 unspecified atom stereocenters. The Morgan fingerprint density at radius 1 is 1.00 bits per heavy atom. The van der Waals surface area contributed by atoms with Gasteiger partial charge in [-0.1, -0.05) is 0 Å². The zero-order valence-corrected chi connectivity index (χ0v) is 11.1. The highest BCUT2D eigenvalue weighted by Gasteiger charge is 2.57. The van der Waals surface area contributed by atoms with Crippen LogP contribution in [0.4, 0.5) is 0 Å². The monoisotopic (exact) mass is 260 g/mol. The zero-order chi connectivity index (χ0) is 13.4. The molecule has 2 aliphatic rings. The van der Waals surface area contributed by atoms with E-state index < -0.39 is 5.79 Å². The van der Waals surface area contributed by atoms with Gasteiger partial charge in [-0.3, -0.25) is 0 Å². The molecule has 5 heteroatoms. The molecule has 3 atom stereocenters. The Hall–Kier alpha value is -0.200. The van der Waals surface area contributed by atoms with Crippen LogP contribution in [0.3, 0.4) is 0 Å². The SMILES string of the molecule is CC1(C)OCC2(CO1)[C@H](CO)CC(CO)[C@H]2CO. The summed E-state index contributed by atoms with van der Waals surface area (Å²) in [6, 6.07) is 0. The molecule has 1 aliphatic carbocycles. The van der Waals surface area contributed by atoms with Gasteiger partial charge in [0.1, 0.15) is 0 Å². The molecule has 1 spiro atoms. The van der Waals surface area contributed by atoms with Crippen LogP contribution in [0.1, 0.15) is 20.3 Å². The van der Waals surface area contributed by atoms with Crippen LogP contribution in [0.15, 0.2) is 0 Å². The van der Waals surface area contributed by atoms with E-state index in [1.807, 2.05) is 13.8 Å². The maximum Gasteiger partial charge on any atom is 0.162 e. The minimum Gasteiger partial charge on any atom is -0.396 e. The quantitative estimate of drug-likeness (QED) is 0.665. The highest BCUT2D eigenvalue weighted by Crippen LogP contribution is 2.53. The fraction of sp³-hybridized carbons (Fsp3) is 1.00. The topological polar surface area (TPSA) is 79.2 Å². The first-order valence-electron chi connectivity index (χ1n) is 6.59. The molecule has 0 amide bonds. The summed E-state index contributed by atoms with van der Waals surface area (Å²) in [7, 11) is 0. The molecule has 106 valence electrons. The Morgan fingerprint density at radius 2 is 1.61 bits per heavy atom. The van der Waals surface area contributed by atoms with Crippen molar-refractivity contribution in [2.75, 3.05) is 33.0 Å². The number of ether oxygens (including phenoxy) is 2. The van der Waals surface area contributed by atoms with E-state index in [0.717, 1.165) is 0 Å². The molecule has 0 radical (unpaired) electrons. The predicted octanol–water partition coefficient (Wildman–Crippen LogP) is -0.0151. The minimum atomic E-state index is -0.609. The molecule has 5 nitrogen and oxygen atoms in total. The van der Waals surface area contributed by atoms with Crippen LogP contribution in [0, 0.1) is 23.2 Å². The van der Waals surface area contributed by atoms with Crippen molar-refractivity contribution < 1.29 is 24.8 Å². The van der Waals surface area contributed by atoms with E-state index in [9.17, 15) is 15.3 Å².